The van der Waals surface area contributed by atoms with Gasteiger partial charge < -0.3 is 10.8 Å². The number of amides is 3. The topological polar surface area (TPSA) is 156 Å². The monoisotopic (exact) mass is 545 g/mol. The van der Waals surface area contributed by atoms with Crippen molar-refractivity contribution >= 4 is 35.7 Å². The Labute approximate surface area is 234 Å². The molecule has 0 saturated heterocycles. The van der Waals surface area contributed by atoms with Gasteiger partial charge in [0.1, 0.15) is 11.4 Å². The van der Waals surface area contributed by atoms with Crippen LogP contribution in [0, 0.1) is 0 Å². The number of hydrazone groups is 1. The number of benzene rings is 2. The van der Waals surface area contributed by atoms with Gasteiger partial charge in [0.2, 0.25) is 12.3 Å². The van der Waals surface area contributed by atoms with Gasteiger partial charge in [0.25, 0.3) is 5.91 Å². The van der Waals surface area contributed by atoms with Crippen LogP contribution in [-0.2, 0) is 9.59 Å². The van der Waals surface area contributed by atoms with Crippen molar-refractivity contribution in [2.45, 2.75) is 0 Å². The minimum absolute atomic E-state index is 0.250. The van der Waals surface area contributed by atoms with Gasteiger partial charge >= 0.3 is 6.03 Å². The summed E-state index contributed by atoms with van der Waals surface area (Å²) in [4.78, 5) is 40.1. The highest BCUT2D eigenvalue weighted by Crippen LogP contribution is 2.32. The van der Waals surface area contributed by atoms with E-state index in [1.807, 2.05) is 48.5 Å². The van der Waals surface area contributed by atoms with E-state index in [0.717, 1.165) is 15.4 Å². The fraction of sp³-hybridized carbons (Fsp3) is 0. The highest BCUT2D eigenvalue weighted by atomic mass is 16.3. The van der Waals surface area contributed by atoms with Crippen LogP contribution in [0.5, 0.6) is 5.88 Å². The first-order chi connectivity index (χ1) is 20.0. The smallest absolute Gasteiger partial charge is 0.342 e. The van der Waals surface area contributed by atoms with E-state index in [1.54, 1.807) is 61.0 Å². The predicted molar refractivity (Wildman–Crippen MR) is 153 cm³/mol. The van der Waals surface area contributed by atoms with Gasteiger partial charge in [-0.15, -0.1) is 14.9 Å². The second-order valence-electron chi connectivity index (χ2n) is 8.65. The molecule has 2 aromatic carbocycles. The third kappa shape index (κ3) is 5.54. The number of hydrazine groups is 1. The van der Waals surface area contributed by atoms with Crippen molar-refractivity contribution in [3.63, 3.8) is 0 Å². The van der Waals surface area contributed by atoms with Gasteiger partial charge in [0.15, 0.2) is 0 Å². The van der Waals surface area contributed by atoms with Gasteiger partial charge in [-0.2, -0.15) is 5.10 Å². The molecule has 0 radical (unpaired) electrons. The molecule has 1 aliphatic heterocycles. The number of pyridine rings is 1. The Balaban J connectivity index is 1.61. The molecule has 5 rings (SSSR count). The van der Waals surface area contributed by atoms with Crippen LogP contribution in [0.25, 0.3) is 22.9 Å². The van der Waals surface area contributed by atoms with E-state index in [-0.39, 0.29) is 11.1 Å². The van der Waals surface area contributed by atoms with Crippen molar-refractivity contribution in [1.29, 1.82) is 0 Å². The molecule has 3 heterocycles. The lowest BCUT2D eigenvalue weighted by molar-refractivity contribution is -0.132. The van der Waals surface area contributed by atoms with Gasteiger partial charge in [-0.25, -0.2) is 10.2 Å². The maximum Gasteiger partial charge on any atom is 0.342 e. The lowest BCUT2D eigenvalue weighted by atomic mass is 10.00. The van der Waals surface area contributed by atoms with Crippen molar-refractivity contribution in [1.82, 2.24) is 25.3 Å². The maximum atomic E-state index is 13.1. The molecule has 202 valence electrons. The highest BCUT2D eigenvalue weighted by molar-refractivity contribution is 6.31. The van der Waals surface area contributed by atoms with Crippen LogP contribution in [0.3, 0.4) is 0 Å². The molecule has 41 heavy (non-hydrogen) atoms. The molecule has 0 bridgehead atoms. The van der Waals surface area contributed by atoms with Gasteiger partial charge in [-0.05, 0) is 35.4 Å². The minimum atomic E-state index is -0.935. The van der Waals surface area contributed by atoms with Crippen LogP contribution >= 0.6 is 0 Å². The lowest BCUT2D eigenvalue weighted by Crippen LogP contribution is -2.35. The summed E-state index contributed by atoms with van der Waals surface area (Å²) < 4.78 is 0.730. The number of nitrogens with one attached hydrogen (secondary N) is 1. The second kappa shape index (κ2) is 11.7. The number of hydrogen-bond donors (Lipinski definition) is 3. The molecule has 4 N–H and O–H groups in total. The average Bonchev–Trinajstić information content (AvgIpc) is 3.50. The van der Waals surface area contributed by atoms with Crippen LogP contribution in [0.15, 0.2) is 114 Å². The average molecular weight is 546 g/mol. The summed E-state index contributed by atoms with van der Waals surface area (Å²) in [6, 6.07) is 20.8. The summed E-state index contributed by atoms with van der Waals surface area (Å²) in [6.07, 6.45) is 10.2. The standard InChI is InChI=1S/C30H23N7O4/c31-30(41)36-28(39)24(26(34-36)22-7-3-1-4-8-22)13-11-20(21-15-17-32-18-16-21)12-14-25-27(23-9-5-2-6-10-23)35-37(29(25)40)33-19-38/h1-19,39H,(H2,31,41)(H,33,38). The molecule has 4 aromatic rings. The van der Waals surface area contributed by atoms with Crippen LogP contribution in [0.1, 0.15) is 16.7 Å². The number of carbonyl (C=O) groups excluding carboxylic acids is 3. The van der Waals surface area contributed by atoms with Crippen LogP contribution < -0.4 is 11.2 Å². The zero-order valence-corrected chi connectivity index (χ0v) is 21.5. The van der Waals surface area contributed by atoms with Crippen molar-refractivity contribution in [2.24, 2.45) is 10.8 Å². The quantitative estimate of drug-likeness (QED) is 0.175. The Hall–Kier alpha value is -6.10. The van der Waals surface area contributed by atoms with Crippen molar-refractivity contribution in [2.75, 3.05) is 0 Å². The molecule has 11 heteroatoms. The zero-order chi connectivity index (χ0) is 28.8. The van der Waals surface area contributed by atoms with Gasteiger partial charge in [0, 0.05) is 23.5 Å². The number of nitrogens with zero attached hydrogens (tertiary/aromatic N) is 5. The van der Waals surface area contributed by atoms with E-state index in [4.69, 9.17) is 5.73 Å². The Morgan fingerprint density at radius 1 is 0.951 bits per heavy atom. The summed E-state index contributed by atoms with van der Waals surface area (Å²) in [7, 11) is 0. The molecule has 3 amide bonds. The summed E-state index contributed by atoms with van der Waals surface area (Å²) >= 11 is 0. The Kier molecular flexibility index (Phi) is 7.59. The molecule has 0 saturated carbocycles. The Morgan fingerprint density at radius 3 is 2.24 bits per heavy atom. The molecular weight excluding hydrogens is 522 g/mol. The largest absolute Gasteiger partial charge is 0.493 e. The molecule has 1 aliphatic rings. The van der Waals surface area contributed by atoms with E-state index < -0.39 is 17.8 Å². The third-order valence-corrected chi connectivity index (χ3v) is 6.13. The first-order valence-electron chi connectivity index (χ1n) is 12.3. The molecule has 0 fully saturated rings. The van der Waals surface area contributed by atoms with E-state index in [0.29, 0.717) is 34.5 Å². The fourth-order valence-electron chi connectivity index (χ4n) is 4.19. The van der Waals surface area contributed by atoms with Gasteiger partial charge in [0.05, 0.1) is 11.1 Å². The number of allylic oxidation sites excluding steroid dienone is 4. The highest BCUT2D eigenvalue weighted by Gasteiger charge is 2.30. The van der Waals surface area contributed by atoms with E-state index in [2.05, 4.69) is 20.6 Å². The Bertz CT molecular complexity index is 1720. The third-order valence-electron chi connectivity index (χ3n) is 6.13. The molecular formula is C30H23N7O4. The van der Waals surface area contributed by atoms with E-state index in [9.17, 15) is 19.5 Å². The number of rotatable bonds is 8. The minimum Gasteiger partial charge on any atom is -0.493 e. The van der Waals surface area contributed by atoms with E-state index in [1.165, 1.54) is 0 Å². The molecule has 0 aliphatic carbocycles. The summed E-state index contributed by atoms with van der Waals surface area (Å²) in [5.41, 5.74) is 11.7. The first kappa shape index (κ1) is 26.5. The molecule has 0 unspecified atom stereocenters. The number of hydrogen-bond acceptors (Lipinski definition) is 7. The SMILES string of the molecule is NC(=O)n1nc(-c2ccccc2)c(C=CC(=CC=C2C(=O)N(NC=O)N=C2c2ccccc2)c2ccncc2)c1O. The molecule has 2 aromatic heterocycles. The normalized spacial score (nSPS) is 14.5. The van der Waals surface area contributed by atoms with Crippen LogP contribution in [0.2, 0.25) is 0 Å². The van der Waals surface area contributed by atoms with Gasteiger partial charge in [-0.1, -0.05) is 72.8 Å². The molecule has 0 spiro atoms. The lowest BCUT2D eigenvalue weighted by Gasteiger charge is -2.07. The van der Waals surface area contributed by atoms with Gasteiger partial charge in [-0.3, -0.25) is 14.6 Å². The second-order valence-corrected chi connectivity index (χ2v) is 8.65. The predicted octanol–water partition coefficient (Wildman–Crippen LogP) is 3.51. The fourth-order valence-corrected chi connectivity index (χ4v) is 4.19. The first-order valence-corrected chi connectivity index (χ1v) is 12.3. The molecule has 11 nitrogen and oxygen atoms in total. The van der Waals surface area contributed by atoms with E-state index >= 15 is 0 Å². The zero-order valence-electron chi connectivity index (χ0n) is 21.5. The Morgan fingerprint density at radius 2 is 1.61 bits per heavy atom. The van der Waals surface area contributed by atoms with Crippen molar-refractivity contribution < 1.29 is 19.5 Å². The van der Waals surface area contributed by atoms with Crippen molar-refractivity contribution in [3.8, 4) is 17.1 Å². The number of aromatic hydroxyl groups is 1. The van der Waals surface area contributed by atoms with Crippen molar-refractivity contribution in [3.05, 3.63) is 126 Å². The summed E-state index contributed by atoms with van der Waals surface area (Å²) in [5.74, 6) is -0.933. The number of primary amides is 1. The molecule has 0 atom stereocenters. The van der Waals surface area contributed by atoms with Crippen LogP contribution in [0.4, 0.5) is 4.79 Å². The summed E-state index contributed by atoms with van der Waals surface area (Å²) in [6.45, 7) is 0. The van der Waals surface area contributed by atoms with Crippen LogP contribution in [-0.4, -0.2) is 49.0 Å². The number of nitrogens with two attached hydrogens (primary N) is 1. The number of aromatic nitrogens is 3. The number of carbonyl (C=O) groups is 3. The summed E-state index contributed by atoms with van der Waals surface area (Å²) in [5, 5.41) is 20.2. The maximum absolute atomic E-state index is 13.1.